The van der Waals surface area contributed by atoms with Crippen LogP contribution in [0.5, 0.6) is 0 Å². The van der Waals surface area contributed by atoms with Crippen molar-refractivity contribution in [3.05, 3.63) is 65.7 Å². The van der Waals surface area contributed by atoms with Crippen LogP contribution >= 0.6 is 0 Å². The van der Waals surface area contributed by atoms with Crippen LogP contribution in [-0.2, 0) is 25.7 Å². The number of aryl methyl sites for hydroxylation is 1. The Morgan fingerprint density at radius 3 is 2.48 bits per heavy atom. The van der Waals surface area contributed by atoms with Crippen LogP contribution in [-0.4, -0.2) is 29.5 Å². The van der Waals surface area contributed by atoms with Gasteiger partial charge in [0.2, 0.25) is 5.91 Å². The first-order chi connectivity index (χ1) is 13.1. The monoisotopic (exact) mass is 363 g/mol. The third-order valence-electron chi connectivity index (χ3n) is 4.64. The largest absolute Gasteiger partial charge is 0.456 e. The number of carbonyl (C=O) groups is 3. The molecule has 0 radical (unpaired) electrons. The summed E-state index contributed by atoms with van der Waals surface area (Å²) in [4.78, 5) is 39.0. The fourth-order valence-corrected chi connectivity index (χ4v) is 3.20. The summed E-state index contributed by atoms with van der Waals surface area (Å²) in [5, 5.41) is 3.90. The van der Waals surface area contributed by atoms with Gasteiger partial charge in [-0.1, -0.05) is 48.0 Å². The summed E-state index contributed by atoms with van der Waals surface area (Å²) < 4.78 is 5.27. The second-order valence-corrected chi connectivity index (χ2v) is 6.49. The molecule has 4 rings (SSSR count). The molecule has 2 atom stereocenters. The number of esters is 1. The zero-order chi connectivity index (χ0) is 19.0. The molecule has 0 unspecified atom stereocenters. The van der Waals surface area contributed by atoms with Gasteiger partial charge in [-0.3, -0.25) is 15.0 Å². The highest BCUT2D eigenvalue weighted by Crippen LogP contribution is 2.31. The van der Waals surface area contributed by atoms with Gasteiger partial charge in [0.05, 0.1) is 5.69 Å². The molecule has 7 heteroatoms. The molecule has 2 heterocycles. The first kappa shape index (κ1) is 17.0. The summed E-state index contributed by atoms with van der Waals surface area (Å²) in [6.07, 6.45) is 0. The van der Waals surface area contributed by atoms with Crippen molar-refractivity contribution in [3.8, 4) is 0 Å². The minimum atomic E-state index is -0.970. The molecule has 0 bridgehead atoms. The Bertz CT molecular complexity index is 937. The number of rotatable bonds is 4. The number of anilines is 1. The summed E-state index contributed by atoms with van der Waals surface area (Å²) in [5.41, 5.74) is 4.86. The van der Waals surface area contributed by atoms with Crippen LogP contribution in [0.4, 0.5) is 5.69 Å². The molecule has 2 amide bonds. The Hall–Kier alpha value is -3.48. The lowest BCUT2D eigenvalue weighted by atomic mass is 9.99. The number of amides is 2. The lowest BCUT2D eigenvalue weighted by molar-refractivity contribution is -0.137. The first-order valence-electron chi connectivity index (χ1n) is 8.55. The molecular weight excluding hydrogens is 346 g/mol. The van der Waals surface area contributed by atoms with Gasteiger partial charge in [-0.25, -0.2) is 9.69 Å². The number of hydrogen-bond donors (Lipinski definition) is 1. The van der Waals surface area contributed by atoms with Gasteiger partial charge in [-0.15, -0.1) is 0 Å². The van der Waals surface area contributed by atoms with Crippen molar-refractivity contribution in [1.82, 2.24) is 5.43 Å². The van der Waals surface area contributed by atoms with Gasteiger partial charge in [0, 0.05) is 0 Å². The highest BCUT2D eigenvalue weighted by Gasteiger charge is 2.55. The Morgan fingerprint density at radius 1 is 1.07 bits per heavy atom. The Morgan fingerprint density at radius 2 is 1.78 bits per heavy atom. The summed E-state index contributed by atoms with van der Waals surface area (Å²) in [7, 11) is 0. The molecule has 0 saturated carbocycles. The van der Waals surface area contributed by atoms with Crippen LogP contribution in [0.1, 0.15) is 11.1 Å². The number of hydrogen-bond acceptors (Lipinski definition) is 6. The number of nitrogens with zero attached hydrogens (tertiary/aromatic N) is 2. The molecule has 2 aromatic rings. The molecule has 27 heavy (non-hydrogen) atoms. The van der Waals surface area contributed by atoms with Gasteiger partial charge in [0.25, 0.3) is 5.91 Å². The average molecular weight is 363 g/mol. The molecule has 0 aliphatic carbocycles. The zero-order valence-corrected chi connectivity index (χ0v) is 14.6. The van der Waals surface area contributed by atoms with E-state index in [2.05, 4.69) is 10.5 Å². The van der Waals surface area contributed by atoms with Crippen molar-refractivity contribution >= 4 is 29.2 Å². The number of benzene rings is 2. The normalized spacial score (nSPS) is 20.9. The zero-order valence-electron chi connectivity index (χ0n) is 14.6. The van der Waals surface area contributed by atoms with E-state index in [0.29, 0.717) is 5.69 Å². The van der Waals surface area contributed by atoms with E-state index in [0.717, 1.165) is 16.0 Å². The topological polar surface area (TPSA) is 88.1 Å². The van der Waals surface area contributed by atoms with Crippen molar-refractivity contribution in [3.63, 3.8) is 0 Å². The van der Waals surface area contributed by atoms with Crippen LogP contribution in [0.3, 0.4) is 0 Å². The van der Waals surface area contributed by atoms with Crippen LogP contribution in [0.25, 0.3) is 0 Å². The van der Waals surface area contributed by atoms with E-state index in [9.17, 15) is 14.4 Å². The highest BCUT2D eigenvalue weighted by atomic mass is 16.5. The summed E-state index contributed by atoms with van der Waals surface area (Å²) >= 11 is 0. The van der Waals surface area contributed by atoms with E-state index in [1.807, 2.05) is 49.4 Å². The molecule has 136 valence electrons. The lowest BCUT2D eigenvalue weighted by Gasteiger charge is -2.15. The maximum Gasteiger partial charge on any atom is 0.355 e. The van der Waals surface area contributed by atoms with Crippen LogP contribution in [0.2, 0.25) is 0 Å². The lowest BCUT2D eigenvalue weighted by Crippen LogP contribution is -2.36. The van der Waals surface area contributed by atoms with Crippen molar-refractivity contribution in [2.45, 2.75) is 19.6 Å². The van der Waals surface area contributed by atoms with Crippen LogP contribution in [0.15, 0.2) is 59.7 Å². The standard InChI is InChI=1S/C20H17N3O4/c1-12-7-9-14(10-8-12)23-18(24)15-16(19(23)25)21-22-17(15)20(26)27-11-13-5-3-2-4-6-13/h2-10,15-16,21H,11H2,1H3/t15-,16+/m0/s1. The SMILES string of the molecule is Cc1ccc(N2C(=O)[C@@H]3C(C(=O)OCc4ccccc4)=NN[C@H]3C2=O)cc1. The fraction of sp³-hybridized carbons (Fsp3) is 0.200. The number of hydrazone groups is 1. The molecule has 1 fully saturated rings. The van der Waals surface area contributed by atoms with Gasteiger partial charge in [-0.2, -0.15) is 5.10 Å². The van der Waals surface area contributed by atoms with Gasteiger partial charge in [0.15, 0.2) is 5.71 Å². The van der Waals surface area contributed by atoms with Crippen molar-refractivity contribution in [1.29, 1.82) is 0 Å². The molecule has 0 aromatic heterocycles. The van der Waals surface area contributed by atoms with E-state index < -0.39 is 29.7 Å². The first-order valence-corrected chi connectivity index (χ1v) is 8.55. The van der Waals surface area contributed by atoms with E-state index in [1.54, 1.807) is 12.1 Å². The number of fused-ring (bicyclic) bond motifs is 1. The number of nitrogens with one attached hydrogen (secondary N) is 1. The van der Waals surface area contributed by atoms with Gasteiger partial charge in [0.1, 0.15) is 18.6 Å². The molecular formula is C20H17N3O4. The number of carbonyl (C=O) groups excluding carboxylic acids is 3. The third kappa shape index (κ3) is 2.97. The fourth-order valence-electron chi connectivity index (χ4n) is 3.20. The molecule has 1 saturated heterocycles. The third-order valence-corrected chi connectivity index (χ3v) is 4.64. The number of ether oxygens (including phenoxy) is 1. The van der Waals surface area contributed by atoms with Crippen molar-refractivity contribution < 1.29 is 19.1 Å². The molecule has 2 aromatic carbocycles. The summed E-state index contributed by atoms with van der Waals surface area (Å²) in [6, 6.07) is 15.4. The van der Waals surface area contributed by atoms with Gasteiger partial charge >= 0.3 is 5.97 Å². The van der Waals surface area contributed by atoms with Crippen LogP contribution < -0.4 is 10.3 Å². The minimum absolute atomic E-state index is 0.0658. The maximum absolute atomic E-state index is 12.8. The van der Waals surface area contributed by atoms with E-state index in [1.165, 1.54) is 0 Å². The maximum atomic E-state index is 12.8. The van der Waals surface area contributed by atoms with Gasteiger partial charge < -0.3 is 4.74 Å². The summed E-state index contributed by atoms with van der Waals surface area (Å²) in [6.45, 7) is 1.99. The average Bonchev–Trinajstić information content (AvgIpc) is 3.22. The molecule has 0 spiro atoms. The summed E-state index contributed by atoms with van der Waals surface area (Å²) in [5.74, 6) is -2.58. The second-order valence-electron chi connectivity index (χ2n) is 6.49. The Balaban J connectivity index is 1.51. The number of imide groups is 1. The molecule has 7 nitrogen and oxygen atoms in total. The smallest absolute Gasteiger partial charge is 0.355 e. The molecule has 1 N–H and O–H groups in total. The predicted molar refractivity (Wildman–Crippen MR) is 97.8 cm³/mol. The Labute approximate surface area is 155 Å². The van der Waals surface area contributed by atoms with Crippen molar-refractivity contribution in [2.75, 3.05) is 4.90 Å². The van der Waals surface area contributed by atoms with E-state index in [-0.39, 0.29) is 12.3 Å². The van der Waals surface area contributed by atoms with Gasteiger partial charge in [-0.05, 0) is 24.6 Å². The molecule has 2 aliphatic heterocycles. The highest BCUT2D eigenvalue weighted by molar-refractivity contribution is 6.46. The quantitative estimate of drug-likeness (QED) is 0.658. The molecule has 2 aliphatic rings. The Kier molecular flexibility index (Phi) is 4.19. The van der Waals surface area contributed by atoms with Crippen LogP contribution in [0, 0.1) is 12.8 Å². The second kappa shape index (κ2) is 6.68. The van der Waals surface area contributed by atoms with E-state index >= 15 is 0 Å². The van der Waals surface area contributed by atoms with E-state index in [4.69, 9.17) is 4.74 Å². The van der Waals surface area contributed by atoms with Crippen molar-refractivity contribution in [2.24, 2.45) is 11.0 Å². The minimum Gasteiger partial charge on any atom is -0.456 e. The predicted octanol–water partition coefficient (Wildman–Crippen LogP) is 1.56.